The van der Waals surface area contributed by atoms with Crippen molar-refractivity contribution < 1.29 is 13.9 Å². The Morgan fingerprint density at radius 1 is 1.21 bits per heavy atom. The third kappa shape index (κ3) is 5.73. The molecule has 3 heteroatoms. The maximum absolute atomic E-state index is 12.9. The normalized spacial score (nSPS) is 9.71. The topological polar surface area (TPSA) is 26.3 Å². The quantitative estimate of drug-likeness (QED) is 0.375. The van der Waals surface area contributed by atoms with Crippen LogP contribution >= 0.6 is 0 Å². The molecular weight excluding hydrogens is 183 g/mol. The maximum Gasteiger partial charge on any atom is 0.367 e. The molecule has 0 fully saturated rings. The molecule has 0 bridgehead atoms. The van der Waals surface area contributed by atoms with E-state index >= 15 is 0 Å². The molecular formula is C11H19FO2. The summed E-state index contributed by atoms with van der Waals surface area (Å²) in [5.41, 5.74) is 0.364. The van der Waals surface area contributed by atoms with Crippen molar-refractivity contribution in [2.24, 2.45) is 0 Å². The molecule has 0 aliphatic rings. The van der Waals surface area contributed by atoms with Gasteiger partial charge in [0.2, 0.25) is 5.83 Å². The van der Waals surface area contributed by atoms with Crippen molar-refractivity contribution in [3.63, 3.8) is 0 Å². The van der Waals surface area contributed by atoms with Crippen molar-refractivity contribution in [2.75, 3.05) is 6.61 Å². The minimum absolute atomic E-state index is 0.319. The van der Waals surface area contributed by atoms with Crippen molar-refractivity contribution >= 4 is 5.97 Å². The summed E-state index contributed by atoms with van der Waals surface area (Å²) in [4.78, 5) is 11.0. The van der Waals surface area contributed by atoms with Crippen LogP contribution in [0.25, 0.3) is 0 Å². The van der Waals surface area contributed by atoms with Gasteiger partial charge in [0.05, 0.1) is 6.61 Å². The molecule has 0 aromatic carbocycles. The second-order valence-electron chi connectivity index (χ2n) is 3.51. The van der Waals surface area contributed by atoms with E-state index in [0.717, 1.165) is 25.7 Å². The van der Waals surface area contributed by atoms with Crippen LogP contribution in [0.3, 0.4) is 0 Å². The number of unbranched alkanes of at least 4 members (excludes halogenated alkanes) is 3. The van der Waals surface area contributed by atoms with Crippen molar-refractivity contribution in [3.8, 4) is 0 Å². The van der Waals surface area contributed by atoms with E-state index in [-0.39, 0.29) is 0 Å². The van der Waals surface area contributed by atoms with E-state index in [9.17, 15) is 9.18 Å². The van der Waals surface area contributed by atoms with Crippen LogP contribution < -0.4 is 0 Å². The Balaban J connectivity index is 3.60. The Morgan fingerprint density at radius 3 is 2.36 bits per heavy atom. The first-order chi connectivity index (χ1) is 6.59. The van der Waals surface area contributed by atoms with Gasteiger partial charge in [0.25, 0.3) is 0 Å². The van der Waals surface area contributed by atoms with Crippen molar-refractivity contribution in [3.05, 3.63) is 11.4 Å². The summed E-state index contributed by atoms with van der Waals surface area (Å²) in [5.74, 6) is -1.60. The average Bonchev–Trinajstić information content (AvgIpc) is 2.16. The number of esters is 1. The zero-order chi connectivity index (χ0) is 11.0. The highest BCUT2D eigenvalue weighted by Crippen LogP contribution is 2.07. The van der Waals surface area contributed by atoms with Crippen LogP contribution in [0.15, 0.2) is 11.4 Å². The van der Waals surface area contributed by atoms with Crippen LogP contribution in [-0.2, 0) is 9.53 Å². The molecule has 0 atom stereocenters. The minimum atomic E-state index is -0.832. The smallest absolute Gasteiger partial charge is 0.367 e. The molecule has 0 spiro atoms. The standard InChI is InChI=1S/C11H19FO2/c1-4-5-6-7-8-14-11(13)10(12)9(2)3/h4-8H2,1-3H3. The Morgan fingerprint density at radius 2 is 1.86 bits per heavy atom. The van der Waals surface area contributed by atoms with E-state index in [2.05, 4.69) is 6.92 Å². The largest absolute Gasteiger partial charge is 0.460 e. The molecule has 0 aliphatic carbocycles. The van der Waals surface area contributed by atoms with Crippen LogP contribution in [0.1, 0.15) is 46.5 Å². The highest BCUT2D eigenvalue weighted by molar-refractivity contribution is 5.86. The second-order valence-corrected chi connectivity index (χ2v) is 3.51. The maximum atomic E-state index is 12.9. The predicted molar refractivity (Wildman–Crippen MR) is 54.6 cm³/mol. The monoisotopic (exact) mass is 202 g/mol. The summed E-state index contributed by atoms with van der Waals surface area (Å²) in [6.07, 6.45) is 4.11. The molecule has 82 valence electrons. The number of ether oxygens (including phenoxy) is 1. The number of halogens is 1. The lowest BCUT2D eigenvalue weighted by atomic mass is 10.2. The lowest BCUT2D eigenvalue weighted by molar-refractivity contribution is -0.141. The van der Waals surface area contributed by atoms with Gasteiger partial charge in [0, 0.05) is 0 Å². The van der Waals surface area contributed by atoms with E-state index in [4.69, 9.17) is 4.74 Å². The molecule has 0 radical (unpaired) electrons. The van der Waals surface area contributed by atoms with Gasteiger partial charge in [-0.1, -0.05) is 26.2 Å². The molecule has 2 nitrogen and oxygen atoms in total. The Labute approximate surface area is 85.1 Å². The summed E-state index contributed by atoms with van der Waals surface area (Å²) in [6, 6.07) is 0. The first-order valence-corrected chi connectivity index (χ1v) is 5.09. The van der Waals surface area contributed by atoms with Crippen molar-refractivity contribution in [2.45, 2.75) is 46.5 Å². The fourth-order valence-electron chi connectivity index (χ4n) is 0.961. The summed E-state index contributed by atoms with van der Waals surface area (Å²) in [6.45, 7) is 5.52. The lowest BCUT2D eigenvalue weighted by Crippen LogP contribution is -2.07. The zero-order valence-electron chi connectivity index (χ0n) is 9.23. The van der Waals surface area contributed by atoms with Gasteiger partial charge in [0.1, 0.15) is 0 Å². The lowest BCUT2D eigenvalue weighted by Gasteiger charge is -2.03. The summed E-state index contributed by atoms with van der Waals surface area (Å²) in [7, 11) is 0. The Kier molecular flexibility index (Phi) is 7.07. The molecule has 0 amide bonds. The van der Waals surface area contributed by atoms with Gasteiger partial charge < -0.3 is 4.74 Å². The van der Waals surface area contributed by atoms with Gasteiger partial charge in [-0.25, -0.2) is 4.79 Å². The fraction of sp³-hybridized carbons (Fsp3) is 0.727. The molecule has 0 saturated carbocycles. The second kappa shape index (κ2) is 7.54. The number of hydrogen-bond donors (Lipinski definition) is 0. The predicted octanol–water partition coefficient (Wildman–Crippen LogP) is 3.37. The van der Waals surface area contributed by atoms with Gasteiger partial charge in [-0.15, -0.1) is 0 Å². The van der Waals surface area contributed by atoms with Crippen molar-refractivity contribution in [1.82, 2.24) is 0 Å². The SMILES string of the molecule is CCCCCCOC(=O)C(F)=C(C)C. The van der Waals surface area contributed by atoms with E-state index in [0.29, 0.717) is 12.2 Å². The van der Waals surface area contributed by atoms with Gasteiger partial charge >= 0.3 is 5.97 Å². The van der Waals surface area contributed by atoms with Crippen LogP contribution in [-0.4, -0.2) is 12.6 Å². The van der Waals surface area contributed by atoms with Gasteiger partial charge in [-0.2, -0.15) is 4.39 Å². The summed E-state index contributed by atoms with van der Waals surface area (Å²) >= 11 is 0. The molecule has 0 rings (SSSR count). The molecule has 0 aliphatic heterocycles. The molecule has 0 aromatic rings. The molecule has 0 aromatic heterocycles. The number of hydrogen-bond acceptors (Lipinski definition) is 2. The van der Waals surface area contributed by atoms with Gasteiger partial charge in [0.15, 0.2) is 0 Å². The van der Waals surface area contributed by atoms with E-state index in [1.807, 2.05) is 0 Å². The van der Waals surface area contributed by atoms with E-state index < -0.39 is 11.8 Å². The van der Waals surface area contributed by atoms with Gasteiger partial charge in [-0.3, -0.25) is 0 Å². The Hall–Kier alpha value is -0.860. The third-order valence-electron chi connectivity index (χ3n) is 1.85. The highest BCUT2D eigenvalue weighted by atomic mass is 19.1. The summed E-state index contributed by atoms with van der Waals surface area (Å²) < 4.78 is 17.6. The minimum Gasteiger partial charge on any atom is -0.460 e. The molecule has 0 N–H and O–H groups in total. The highest BCUT2D eigenvalue weighted by Gasteiger charge is 2.10. The molecule has 0 saturated heterocycles. The van der Waals surface area contributed by atoms with Crippen molar-refractivity contribution in [1.29, 1.82) is 0 Å². The fourth-order valence-corrected chi connectivity index (χ4v) is 0.961. The molecule has 14 heavy (non-hydrogen) atoms. The summed E-state index contributed by atoms with van der Waals surface area (Å²) in [5, 5.41) is 0. The van der Waals surface area contributed by atoms with E-state index in [1.54, 1.807) is 13.8 Å². The van der Waals surface area contributed by atoms with Crippen LogP contribution in [0.4, 0.5) is 4.39 Å². The number of carbonyl (C=O) groups excluding carboxylic acids is 1. The van der Waals surface area contributed by atoms with Gasteiger partial charge in [-0.05, 0) is 25.8 Å². The average molecular weight is 202 g/mol. The number of allylic oxidation sites excluding steroid dienone is 1. The Bertz CT molecular complexity index is 205. The van der Waals surface area contributed by atoms with E-state index in [1.165, 1.54) is 0 Å². The van der Waals surface area contributed by atoms with Crippen LogP contribution in [0.2, 0.25) is 0 Å². The molecule has 0 heterocycles. The first kappa shape index (κ1) is 13.1. The first-order valence-electron chi connectivity index (χ1n) is 5.09. The van der Waals surface area contributed by atoms with Crippen LogP contribution in [0.5, 0.6) is 0 Å². The third-order valence-corrected chi connectivity index (χ3v) is 1.85. The van der Waals surface area contributed by atoms with Crippen LogP contribution in [0, 0.1) is 0 Å². The molecule has 0 unspecified atom stereocenters. The number of rotatable bonds is 6. The zero-order valence-corrected chi connectivity index (χ0v) is 9.23. The number of carbonyl (C=O) groups is 1.